The monoisotopic (exact) mass is 220 g/mol. The first-order valence-electron chi connectivity index (χ1n) is 5.19. The van der Waals surface area contributed by atoms with Gasteiger partial charge < -0.3 is 15.5 Å². The van der Waals surface area contributed by atoms with Gasteiger partial charge in [-0.25, -0.2) is 0 Å². The summed E-state index contributed by atoms with van der Waals surface area (Å²) in [6, 6.07) is 9.41. The quantitative estimate of drug-likeness (QED) is 0.677. The molecule has 0 aliphatic rings. The maximum atomic E-state index is 9.18. The molecule has 0 heterocycles. The molecule has 0 fully saturated rings. The molecule has 16 heavy (non-hydrogen) atoms. The molecule has 2 atom stereocenters. The molecule has 3 N–H and O–H groups in total. The van der Waals surface area contributed by atoms with Gasteiger partial charge in [-0.05, 0) is 24.6 Å². The maximum absolute atomic E-state index is 9.18. The van der Waals surface area contributed by atoms with Crippen LogP contribution in [-0.4, -0.2) is 29.5 Å². The molecule has 1 aromatic carbocycles. The summed E-state index contributed by atoms with van der Waals surface area (Å²) >= 11 is 0. The van der Waals surface area contributed by atoms with Gasteiger partial charge in [0.2, 0.25) is 0 Å². The predicted octanol–water partition coefficient (Wildman–Crippen LogP) is 0.562. The predicted molar refractivity (Wildman–Crippen MR) is 60.7 cm³/mol. The lowest BCUT2D eigenvalue weighted by molar-refractivity contribution is 0.0924. The topological polar surface area (TPSA) is 76.3 Å². The van der Waals surface area contributed by atoms with E-state index in [0.29, 0.717) is 12.1 Å². The highest BCUT2D eigenvalue weighted by molar-refractivity contribution is 5.32. The highest BCUT2D eigenvalue weighted by atomic mass is 16.3. The van der Waals surface area contributed by atoms with E-state index in [2.05, 4.69) is 11.4 Å². The number of nitrogens with zero attached hydrogens (tertiary/aromatic N) is 1. The Morgan fingerprint density at radius 1 is 1.38 bits per heavy atom. The number of aliphatic hydroxyl groups excluding tert-OH is 2. The van der Waals surface area contributed by atoms with Crippen molar-refractivity contribution in [2.24, 2.45) is 0 Å². The number of aliphatic hydroxyl groups is 2. The van der Waals surface area contributed by atoms with Gasteiger partial charge in [0.25, 0.3) is 0 Å². The Morgan fingerprint density at radius 2 is 2.00 bits per heavy atom. The van der Waals surface area contributed by atoms with Crippen molar-refractivity contribution in [3.05, 3.63) is 35.4 Å². The fourth-order valence-electron chi connectivity index (χ4n) is 1.34. The summed E-state index contributed by atoms with van der Waals surface area (Å²) in [6.45, 7) is 2.07. The van der Waals surface area contributed by atoms with Crippen molar-refractivity contribution in [3.63, 3.8) is 0 Å². The molecular formula is C12H16N2O2. The number of hydrogen-bond acceptors (Lipinski definition) is 4. The molecule has 4 heteroatoms. The Morgan fingerprint density at radius 3 is 2.50 bits per heavy atom. The molecule has 0 aromatic heterocycles. The van der Waals surface area contributed by atoms with Crippen LogP contribution in [0.1, 0.15) is 24.1 Å². The van der Waals surface area contributed by atoms with Crippen molar-refractivity contribution in [2.45, 2.75) is 19.1 Å². The third-order valence-corrected chi connectivity index (χ3v) is 2.41. The first-order chi connectivity index (χ1) is 7.67. The van der Waals surface area contributed by atoms with Crippen LogP contribution in [0, 0.1) is 11.3 Å². The third kappa shape index (κ3) is 3.63. The van der Waals surface area contributed by atoms with E-state index in [0.717, 1.165) is 5.56 Å². The number of nitrogens with one attached hydrogen (secondary N) is 1. The van der Waals surface area contributed by atoms with Gasteiger partial charge in [-0.2, -0.15) is 5.26 Å². The SMILES string of the molecule is CC(NC[C@H](O)CO)c1ccc(C#N)cc1. The van der Waals surface area contributed by atoms with E-state index in [-0.39, 0.29) is 12.6 Å². The number of nitriles is 1. The minimum atomic E-state index is -0.735. The maximum Gasteiger partial charge on any atom is 0.0991 e. The van der Waals surface area contributed by atoms with Crippen molar-refractivity contribution in [3.8, 4) is 6.07 Å². The average molecular weight is 220 g/mol. The Hall–Kier alpha value is -1.41. The number of hydrogen-bond donors (Lipinski definition) is 3. The summed E-state index contributed by atoms with van der Waals surface area (Å²) in [5, 5.41) is 29.6. The normalized spacial score (nSPS) is 14.1. The van der Waals surface area contributed by atoms with Gasteiger partial charge in [0.05, 0.1) is 24.3 Å². The van der Waals surface area contributed by atoms with Crippen molar-refractivity contribution in [1.82, 2.24) is 5.32 Å². The molecule has 1 rings (SSSR count). The van der Waals surface area contributed by atoms with E-state index in [1.54, 1.807) is 12.1 Å². The number of rotatable bonds is 5. The van der Waals surface area contributed by atoms with Crippen molar-refractivity contribution in [1.29, 1.82) is 5.26 Å². The summed E-state index contributed by atoms with van der Waals surface area (Å²) in [5.41, 5.74) is 1.68. The van der Waals surface area contributed by atoms with Crippen LogP contribution in [-0.2, 0) is 0 Å². The Balaban J connectivity index is 2.53. The fraction of sp³-hybridized carbons (Fsp3) is 0.417. The second-order valence-corrected chi connectivity index (χ2v) is 3.70. The van der Waals surface area contributed by atoms with Crippen LogP contribution in [0.2, 0.25) is 0 Å². The molecule has 86 valence electrons. The van der Waals surface area contributed by atoms with Gasteiger partial charge in [-0.15, -0.1) is 0 Å². The average Bonchev–Trinajstić information content (AvgIpc) is 2.35. The molecule has 0 radical (unpaired) electrons. The van der Waals surface area contributed by atoms with Crippen LogP contribution in [0.15, 0.2) is 24.3 Å². The molecule has 0 bridgehead atoms. The van der Waals surface area contributed by atoms with E-state index < -0.39 is 6.10 Å². The van der Waals surface area contributed by atoms with E-state index in [9.17, 15) is 5.11 Å². The first kappa shape index (κ1) is 12.7. The molecule has 0 aliphatic carbocycles. The lowest BCUT2D eigenvalue weighted by Crippen LogP contribution is -2.31. The summed E-state index contributed by atoms with van der Waals surface area (Å²) in [6.07, 6.45) is -0.735. The first-order valence-corrected chi connectivity index (χ1v) is 5.19. The van der Waals surface area contributed by atoms with Gasteiger partial charge in [-0.1, -0.05) is 12.1 Å². The third-order valence-electron chi connectivity index (χ3n) is 2.41. The molecule has 0 saturated heterocycles. The van der Waals surface area contributed by atoms with Crippen LogP contribution in [0.3, 0.4) is 0 Å². The van der Waals surface area contributed by atoms with Crippen molar-refractivity contribution in [2.75, 3.05) is 13.2 Å². The van der Waals surface area contributed by atoms with Crippen LogP contribution in [0.25, 0.3) is 0 Å². The molecule has 1 unspecified atom stereocenters. The zero-order chi connectivity index (χ0) is 12.0. The second-order valence-electron chi connectivity index (χ2n) is 3.70. The Bertz CT molecular complexity index is 356. The van der Waals surface area contributed by atoms with Gasteiger partial charge in [0.1, 0.15) is 0 Å². The summed E-state index contributed by atoms with van der Waals surface area (Å²) in [7, 11) is 0. The molecule has 0 aliphatic heterocycles. The van der Waals surface area contributed by atoms with Crippen LogP contribution < -0.4 is 5.32 Å². The van der Waals surface area contributed by atoms with Gasteiger partial charge in [0, 0.05) is 12.6 Å². The van der Waals surface area contributed by atoms with E-state index >= 15 is 0 Å². The number of benzene rings is 1. The largest absolute Gasteiger partial charge is 0.394 e. The highest BCUT2D eigenvalue weighted by Crippen LogP contribution is 2.12. The second kappa shape index (κ2) is 6.23. The highest BCUT2D eigenvalue weighted by Gasteiger charge is 2.07. The van der Waals surface area contributed by atoms with Crippen molar-refractivity contribution >= 4 is 0 Å². The van der Waals surface area contributed by atoms with Crippen LogP contribution in [0.4, 0.5) is 0 Å². The molecular weight excluding hydrogens is 204 g/mol. The van der Waals surface area contributed by atoms with Crippen LogP contribution in [0.5, 0.6) is 0 Å². The summed E-state index contributed by atoms with van der Waals surface area (Å²) in [5.74, 6) is 0. The molecule has 0 amide bonds. The van der Waals surface area contributed by atoms with Gasteiger partial charge in [-0.3, -0.25) is 0 Å². The van der Waals surface area contributed by atoms with Crippen molar-refractivity contribution < 1.29 is 10.2 Å². The zero-order valence-electron chi connectivity index (χ0n) is 9.22. The molecule has 0 spiro atoms. The lowest BCUT2D eigenvalue weighted by atomic mass is 10.1. The standard InChI is InChI=1S/C12H16N2O2/c1-9(14-7-12(16)8-15)11-4-2-10(6-13)3-5-11/h2-5,9,12,14-16H,7-8H2,1H3/t9?,12-/m0/s1. The Labute approximate surface area is 95.2 Å². The Kier molecular flexibility index (Phi) is 4.93. The fourth-order valence-corrected chi connectivity index (χ4v) is 1.34. The minimum absolute atomic E-state index is 0.0777. The van der Waals surface area contributed by atoms with Gasteiger partial charge >= 0.3 is 0 Å². The van der Waals surface area contributed by atoms with Crippen LogP contribution >= 0.6 is 0 Å². The van der Waals surface area contributed by atoms with E-state index in [4.69, 9.17) is 10.4 Å². The molecule has 4 nitrogen and oxygen atoms in total. The zero-order valence-corrected chi connectivity index (χ0v) is 9.22. The summed E-state index contributed by atoms with van der Waals surface area (Å²) in [4.78, 5) is 0. The molecule has 0 saturated carbocycles. The lowest BCUT2D eigenvalue weighted by Gasteiger charge is -2.16. The van der Waals surface area contributed by atoms with E-state index in [1.807, 2.05) is 19.1 Å². The van der Waals surface area contributed by atoms with E-state index in [1.165, 1.54) is 0 Å². The minimum Gasteiger partial charge on any atom is -0.394 e. The molecule has 1 aromatic rings. The van der Waals surface area contributed by atoms with Gasteiger partial charge in [0.15, 0.2) is 0 Å². The summed E-state index contributed by atoms with van der Waals surface area (Å²) < 4.78 is 0. The smallest absolute Gasteiger partial charge is 0.0991 e.